The molecule has 0 aromatic heterocycles. The number of halogens is 2. The van der Waals surface area contributed by atoms with Crippen LogP contribution < -0.4 is 14.8 Å². The van der Waals surface area contributed by atoms with Gasteiger partial charge in [-0.3, -0.25) is 0 Å². The Morgan fingerprint density at radius 2 is 1.66 bits per heavy atom. The minimum atomic E-state index is 0.240. The summed E-state index contributed by atoms with van der Waals surface area (Å²) < 4.78 is 11.4. The van der Waals surface area contributed by atoms with Crippen molar-refractivity contribution in [2.24, 2.45) is 0 Å². The van der Waals surface area contributed by atoms with Crippen LogP contribution in [0.3, 0.4) is 0 Å². The molecule has 0 spiro atoms. The van der Waals surface area contributed by atoms with Crippen molar-refractivity contribution in [2.75, 3.05) is 7.11 Å². The molecule has 0 saturated carbocycles. The van der Waals surface area contributed by atoms with Crippen LogP contribution in [-0.4, -0.2) is 12.1 Å². The van der Waals surface area contributed by atoms with Gasteiger partial charge in [0.2, 0.25) is 0 Å². The molecule has 0 atom stereocenters. The smallest absolute Gasteiger partial charge is 0.161 e. The molecular formula is C23H21Cl2NO2S. The highest BCUT2D eigenvalue weighted by Crippen LogP contribution is 2.31. The fraction of sp³-hybridized carbons (Fsp3) is 0.174. The maximum Gasteiger partial charge on any atom is 0.161 e. The van der Waals surface area contributed by atoms with E-state index in [9.17, 15) is 0 Å². The molecule has 3 rings (SSSR count). The van der Waals surface area contributed by atoms with Gasteiger partial charge in [-0.25, -0.2) is 0 Å². The van der Waals surface area contributed by atoms with E-state index < -0.39 is 0 Å². The van der Waals surface area contributed by atoms with Crippen LogP contribution in [0.15, 0.2) is 60.7 Å². The van der Waals surface area contributed by atoms with Gasteiger partial charge < -0.3 is 14.8 Å². The Balaban J connectivity index is 1.67. The van der Waals surface area contributed by atoms with Gasteiger partial charge in [-0.05, 0) is 42.8 Å². The largest absolute Gasteiger partial charge is 0.493 e. The van der Waals surface area contributed by atoms with E-state index in [-0.39, 0.29) is 6.61 Å². The van der Waals surface area contributed by atoms with Crippen LogP contribution in [0, 0.1) is 6.92 Å². The predicted octanol–water partition coefficient (Wildman–Crippen LogP) is 6.35. The number of benzene rings is 3. The summed E-state index contributed by atoms with van der Waals surface area (Å²) >= 11 is 17.9. The van der Waals surface area contributed by atoms with E-state index in [0.29, 0.717) is 33.1 Å². The lowest BCUT2D eigenvalue weighted by atomic mass is 10.1. The van der Waals surface area contributed by atoms with Gasteiger partial charge in [-0.15, -0.1) is 0 Å². The lowest BCUT2D eigenvalue weighted by Gasteiger charge is -2.14. The number of aryl methyl sites for hydroxylation is 1. The van der Waals surface area contributed by atoms with E-state index >= 15 is 0 Å². The third kappa shape index (κ3) is 5.63. The zero-order chi connectivity index (χ0) is 20.8. The first kappa shape index (κ1) is 21.4. The summed E-state index contributed by atoms with van der Waals surface area (Å²) in [5.74, 6) is 1.18. The summed E-state index contributed by atoms with van der Waals surface area (Å²) in [7, 11) is 1.59. The molecule has 0 fully saturated rings. The number of methoxy groups -OCH3 is 1. The van der Waals surface area contributed by atoms with Crippen LogP contribution in [0.5, 0.6) is 11.5 Å². The Morgan fingerprint density at radius 3 is 2.31 bits per heavy atom. The second kappa shape index (κ2) is 9.97. The average Bonchev–Trinajstić information content (AvgIpc) is 2.72. The maximum absolute atomic E-state index is 6.21. The number of hydrogen-bond acceptors (Lipinski definition) is 3. The molecule has 0 radical (unpaired) electrons. The van der Waals surface area contributed by atoms with Crippen LogP contribution in [0.2, 0.25) is 10.0 Å². The predicted molar refractivity (Wildman–Crippen MR) is 124 cm³/mol. The third-order valence-electron chi connectivity index (χ3n) is 4.43. The molecule has 0 heterocycles. The molecule has 0 aliphatic heterocycles. The first-order valence-electron chi connectivity index (χ1n) is 9.05. The highest BCUT2D eigenvalue weighted by molar-refractivity contribution is 7.80. The Morgan fingerprint density at radius 1 is 0.966 bits per heavy atom. The Hall–Kier alpha value is -2.27. The summed E-state index contributed by atoms with van der Waals surface area (Å²) in [6.07, 6.45) is 0. The summed E-state index contributed by atoms with van der Waals surface area (Å²) in [6.45, 7) is 2.96. The fourth-order valence-corrected chi connectivity index (χ4v) is 3.44. The van der Waals surface area contributed by atoms with Crippen LogP contribution in [0.25, 0.3) is 0 Å². The highest BCUT2D eigenvalue weighted by Gasteiger charge is 2.11. The number of ether oxygens (including phenoxy) is 2. The van der Waals surface area contributed by atoms with Crippen molar-refractivity contribution in [3.05, 3.63) is 93.0 Å². The Kier molecular flexibility index (Phi) is 7.37. The lowest BCUT2D eigenvalue weighted by molar-refractivity contribution is 0.284. The standard InChI is InChI=1S/C23H21Cl2NO2S/c1-15-6-8-16(9-7-15)13-26-23(29)17-10-11-21(22(12-17)27-2)28-14-18-19(24)4-3-5-20(18)25/h3-12H,13-14H2,1-2H3,(H,26,29). The van der Waals surface area contributed by atoms with Gasteiger partial charge in [-0.1, -0.05) is 71.3 Å². The highest BCUT2D eigenvalue weighted by atomic mass is 35.5. The summed E-state index contributed by atoms with van der Waals surface area (Å²) in [4.78, 5) is 0.643. The van der Waals surface area contributed by atoms with Gasteiger partial charge >= 0.3 is 0 Å². The van der Waals surface area contributed by atoms with Crippen molar-refractivity contribution in [2.45, 2.75) is 20.1 Å². The van der Waals surface area contributed by atoms with Crippen molar-refractivity contribution in [3.8, 4) is 11.5 Å². The SMILES string of the molecule is COc1cc(C(=S)NCc2ccc(C)cc2)ccc1OCc1c(Cl)cccc1Cl. The van der Waals surface area contributed by atoms with Gasteiger partial charge in [0.25, 0.3) is 0 Å². The number of hydrogen-bond donors (Lipinski definition) is 1. The van der Waals surface area contributed by atoms with Crippen LogP contribution in [0.1, 0.15) is 22.3 Å². The molecule has 150 valence electrons. The Labute approximate surface area is 186 Å². The zero-order valence-corrected chi connectivity index (χ0v) is 18.5. The molecule has 6 heteroatoms. The minimum Gasteiger partial charge on any atom is -0.493 e. The normalized spacial score (nSPS) is 10.5. The van der Waals surface area contributed by atoms with Gasteiger partial charge in [0, 0.05) is 27.7 Å². The molecule has 0 unspecified atom stereocenters. The molecule has 0 bridgehead atoms. The number of thiocarbonyl (C=S) groups is 1. The fourth-order valence-electron chi connectivity index (χ4n) is 2.74. The summed E-state index contributed by atoms with van der Waals surface area (Å²) in [5.41, 5.74) is 3.99. The van der Waals surface area contributed by atoms with Gasteiger partial charge in [0.15, 0.2) is 11.5 Å². The molecule has 3 aromatic rings. The molecule has 3 aromatic carbocycles. The van der Waals surface area contributed by atoms with Crippen molar-refractivity contribution in [1.29, 1.82) is 0 Å². The van der Waals surface area contributed by atoms with Gasteiger partial charge in [0.1, 0.15) is 11.6 Å². The molecule has 0 aliphatic rings. The maximum atomic E-state index is 6.21. The second-order valence-corrected chi connectivity index (χ2v) is 7.75. The number of nitrogens with one attached hydrogen (secondary N) is 1. The van der Waals surface area contributed by atoms with Crippen molar-refractivity contribution >= 4 is 40.4 Å². The minimum absolute atomic E-state index is 0.240. The van der Waals surface area contributed by atoms with Gasteiger partial charge in [-0.2, -0.15) is 0 Å². The zero-order valence-electron chi connectivity index (χ0n) is 16.2. The van der Waals surface area contributed by atoms with E-state index in [1.54, 1.807) is 25.3 Å². The first-order chi connectivity index (χ1) is 14.0. The summed E-state index contributed by atoms with van der Waals surface area (Å²) in [6, 6.07) is 19.3. The molecule has 0 amide bonds. The molecule has 1 N–H and O–H groups in total. The molecule has 0 saturated heterocycles. The molecule has 29 heavy (non-hydrogen) atoms. The van der Waals surface area contributed by atoms with Crippen molar-refractivity contribution in [3.63, 3.8) is 0 Å². The van der Waals surface area contributed by atoms with E-state index in [4.69, 9.17) is 44.9 Å². The van der Waals surface area contributed by atoms with E-state index in [1.807, 2.05) is 18.2 Å². The van der Waals surface area contributed by atoms with Gasteiger partial charge in [0.05, 0.1) is 7.11 Å². The molecule has 0 aliphatic carbocycles. The van der Waals surface area contributed by atoms with Crippen molar-refractivity contribution < 1.29 is 9.47 Å². The molecular weight excluding hydrogens is 425 g/mol. The van der Waals surface area contributed by atoms with Crippen LogP contribution in [-0.2, 0) is 13.2 Å². The third-order valence-corrected chi connectivity index (χ3v) is 5.52. The van der Waals surface area contributed by atoms with E-state index in [1.165, 1.54) is 11.1 Å². The summed E-state index contributed by atoms with van der Waals surface area (Å²) in [5, 5.41) is 4.41. The quantitative estimate of drug-likeness (QED) is 0.428. The van der Waals surface area contributed by atoms with E-state index in [2.05, 4.69) is 36.5 Å². The van der Waals surface area contributed by atoms with Crippen LogP contribution in [0.4, 0.5) is 0 Å². The topological polar surface area (TPSA) is 30.5 Å². The monoisotopic (exact) mass is 445 g/mol. The Bertz CT molecular complexity index is 986. The lowest BCUT2D eigenvalue weighted by Crippen LogP contribution is -2.21. The molecule has 3 nitrogen and oxygen atoms in total. The number of rotatable bonds is 7. The average molecular weight is 446 g/mol. The second-order valence-electron chi connectivity index (χ2n) is 6.52. The van der Waals surface area contributed by atoms with Crippen LogP contribution >= 0.6 is 35.4 Å². The van der Waals surface area contributed by atoms with E-state index in [0.717, 1.165) is 11.1 Å². The van der Waals surface area contributed by atoms with Crippen molar-refractivity contribution in [1.82, 2.24) is 5.32 Å². The first-order valence-corrected chi connectivity index (χ1v) is 10.2.